The Hall–Kier alpha value is -2.89. The molecule has 1 aromatic heterocycles. The zero-order valence-corrected chi connectivity index (χ0v) is 13.4. The number of allylic oxidation sites excluding steroid dienone is 1. The van der Waals surface area contributed by atoms with Gasteiger partial charge in [0.2, 0.25) is 5.78 Å². The van der Waals surface area contributed by atoms with Crippen LogP contribution in [0.15, 0.2) is 53.6 Å². The molecular weight excluding hydrogens is 294 g/mol. The van der Waals surface area contributed by atoms with Gasteiger partial charge in [-0.3, -0.25) is 14.3 Å². The van der Waals surface area contributed by atoms with Gasteiger partial charge in [-0.05, 0) is 5.56 Å². The van der Waals surface area contributed by atoms with Crippen molar-refractivity contribution in [3.8, 4) is 5.75 Å². The number of rotatable bonds is 6. The van der Waals surface area contributed by atoms with Crippen LogP contribution in [0.1, 0.15) is 16.1 Å². The number of ether oxygens (including phenoxy) is 1. The second kappa shape index (κ2) is 7.40. The van der Waals surface area contributed by atoms with Gasteiger partial charge >= 0.3 is 0 Å². The molecule has 0 spiro atoms. The summed E-state index contributed by atoms with van der Waals surface area (Å²) >= 11 is 0. The number of hydrogen-bond acceptors (Lipinski definition) is 5. The van der Waals surface area contributed by atoms with E-state index in [-0.39, 0.29) is 18.1 Å². The summed E-state index contributed by atoms with van der Waals surface area (Å²) in [5.41, 5.74) is 0.273. The number of aromatic nitrogens is 2. The van der Waals surface area contributed by atoms with Gasteiger partial charge in [-0.1, -0.05) is 30.3 Å². The third-order valence-electron chi connectivity index (χ3n) is 3.00. The van der Waals surface area contributed by atoms with E-state index in [0.717, 1.165) is 5.56 Å². The minimum absolute atomic E-state index is 0.105. The maximum absolute atomic E-state index is 12.4. The van der Waals surface area contributed by atoms with Crippen molar-refractivity contribution >= 4 is 5.78 Å². The number of aryl methyl sites for hydroxylation is 1. The predicted molar refractivity (Wildman–Crippen MR) is 87.4 cm³/mol. The first-order valence-electron chi connectivity index (χ1n) is 7.11. The van der Waals surface area contributed by atoms with E-state index in [1.165, 1.54) is 17.0 Å². The zero-order valence-electron chi connectivity index (χ0n) is 13.4. The second-order valence-electron chi connectivity index (χ2n) is 5.26. The molecule has 0 atom stereocenters. The van der Waals surface area contributed by atoms with E-state index in [4.69, 9.17) is 4.74 Å². The molecule has 2 aromatic rings. The molecule has 0 bridgehead atoms. The molecule has 0 saturated heterocycles. The van der Waals surface area contributed by atoms with Gasteiger partial charge < -0.3 is 9.64 Å². The van der Waals surface area contributed by atoms with Gasteiger partial charge in [0.1, 0.15) is 6.61 Å². The molecule has 6 nitrogen and oxygen atoms in total. The quantitative estimate of drug-likeness (QED) is 0.599. The maximum atomic E-state index is 12.4. The van der Waals surface area contributed by atoms with Crippen molar-refractivity contribution in [1.29, 1.82) is 0 Å². The van der Waals surface area contributed by atoms with Crippen molar-refractivity contribution in [2.45, 2.75) is 6.61 Å². The smallest absolute Gasteiger partial charge is 0.253 e. The number of carbonyl (C=O) groups is 1. The van der Waals surface area contributed by atoms with Crippen LogP contribution in [0.5, 0.6) is 5.75 Å². The van der Waals surface area contributed by atoms with Crippen molar-refractivity contribution in [2.24, 2.45) is 7.05 Å². The van der Waals surface area contributed by atoms with Crippen molar-refractivity contribution in [3.05, 3.63) is 70.3 Å². The van der Waals surface area contributed by atoms with Gasteiger partial charge in [0.15, 0.2) is 11.4 Å². The molecule has 0 saturated carbocycles. The Bertz CT molecular complexity index is 764. The summed E-state index contributed by atoms with van der Waals surface area (Å²) in [7, 11) is 5.21. The highest BCUT2D eigenvalue weighted by molar-refractivity contribution is 6.02. The Morgan fingerprint density at radius 2 is 2.00 bits per heavy atom. The molecule has 0 radical (unpaired) electrons. The van der Waals surface area contributed by atoms with Crippen LogP contribution < -0.4 is 10.2 Å². The van der Waals surface area contributed by atoms with Gasteiger partial charge in [-0.2, -0.15) is 5.10 Å². The molecule has 0 amide bonds. The summed E-state index contributed by atoms with van der Waals surface area (Å²) in [6.07, 6.45) is 4.35. The van der Waals surface area contributed by atoms with Crippen LogP contribution in [-0.2, 0) is 13.7 Å². The summed E-state index contributed by atoms with van der Waals surface area (Å²) in [5.74, 6) is -0.350. The van der Waals surface area contributed by atoms with Crippen LogP contribution in [0.2, 0.25) is 0 Å². The topological polar surface area (TPSA) is 64.4 Å². The predicted octanol–water partition coefficient (Wildman–Crippen LogP) is 1.62. The summed E-state index contributed by atoms with van der Waals surface area (Å²) in [6.45, 7) is 0.251. The third kappa shape index (κ3) is 4.54. The molecule has 0 aliphatic carbocycles. The second-order valence-corrected chi connectivity index (χ2v) is 5.26. The molecule has 0 unspecified atom stereocenters. The molecule has 23 heavy (non-hydrogen) atoms. The number of hydrogen-bond donors (Lipinski definition) is 0. The first-order chi connectivity index (χ1) is 11.0. The average molecular weight is 313 g/mol. The number of benzene rings is 1. The van der Waals surface area contributed by atoms with Crippen molar-refractivity contribution in [2.75, 3.05) is 14.1 Å². The van der Waals surface area contributed by atoms with Crippen molar-refractivity contribution in [1.82, 2.24) is 14.7 Å². The first-order valence-corrected chi connectivity index (χ1v) is 7.11. The Morgan fingerprint density at radius 1 is 1.30 bits per heavy atom. The normalized spacial score (nSPS) is 10.7. The van der Waals surface area contributed by atoms with E-state index < -0.39 is 11.2 Å². The van der Waals surface area contributed by atoms with Crippen LogP contribution in [0.3, 0.4) is 0 Å². The van der Waals surface area contributed by atoms with Crippen LogP contribution in [0.25, 0.3) is 0 Å². The van der Waals surface area contributed by atoms with Gasteiger partial charge in [0, 0.05) is 33.4 Å². The summed E-state index contributed by atoms with van der Waals surface area (Å²) in [6, 6.07) is 9.49. The van der Waals surface area contributed by atoms with Gasteiger partial charge in [0.05, 0.1) is 6.20 Å². The van der Waals surface area contributed by atoms with Gasteiger partial charge in [-0.25, -0.2) is 0 Å². The monoisotopic (exact) mass is 313 g/mol. The van der Waals surface area contributed by atoms with Crippen molar-refractivity contribution in [3.63, 3.8) is 0 Å². The van der Waals surface area contributed by atoms with Crippen molar-refractivity contribution < 1.29 is 9.53 Å². The average Bonchev–Trinajstić information content (AvgIpc) is 2.54. The largest absolute Gasteiger partial charge is 0.483 e. The molecule has 0 fully saturated rings. The van der Waals surface area contributed by atoms with E-state index in [2.05, 4.69) is 5.10 Å². The Labute approximate surface area is 134 Å². The summed E-state index contributed by atoms with van der Waals surface area (Å²) < 4.78 is 6.96. The number of carbonyl (C=O) groups excluding carboxylic acids is 1. The number of nitrogens with zero attached hydrogens (tertiary/aromatic N) is 3. The zero-order chi connectivity index (χ0) is 16.8. The molecule has 1 aromatic carbocycles. The summed E-state index contributed by atoms with van der Waals surface area (Å²) in [5, 5.41) is 3.97. The Kier molecular flexibility index (Phi) is 5.30. The molecule has 6 heteroatoms. The van der Waals surface area contributed by atoms with Gasteiger partial charge in [-0.15, -0.1) is 0 Å². The lowest BCUT2D eigenvalue weighted by Gasteiger charge is -2.08. The van der Waals surface area contributed by atoms with Crippen LogP contribution >= 0.6 is 0 Å². The fraction of sp³-hybridized carbons (Fsp3) is 0.235. The highest BCUT2D eigenvalue weighted by Crippen LogP contribution is 2.08. The molecular formula is C17H19N3O3. The standard InChI is InChI=1S/C17H19N3O3/c1-19(2)10-9-14(21)16-17(22)15(11-20(3)18-16)23-12-13-7-5-4-6-8-13/h4-11H,12H2,1-3H3. The van der Waals surface area contributed by atoms with Gasteiger partial charge in [0.25, 0.3) is 5.43 Å². The lowest BCUT2D eigenvalue weighted by Crippen LogP contribution is -2.22. The minimum atomic E-state index is -0.507. The van der Waals surface area contributed by atoms with Crippen LogP contribution in [0.4, 0.5) is 0 Å². The third-order valence-corrected chi connectivity index (χ3v) is 3.00. The lowest BCUT2D eigenvalue weighted by molar-refractivity contribution is 0.103. The highest BCUT2D eigenvalue weighted by Gasteiger charge is 2.15. The molecule has 0 N–H and O–H groups in total. The van der Waals surface area contributed by atoms with E-state index >= 15 is 0 Å². The fourth-order valence-corrected chi connectivity index (χ4v) is 1.87. The summed E-state index contributed by atoms with van der Waals surface area (Å²) in [4.78, 5) is 26.2. The molecule has 0 aliphatic rings. The van der Waals surface area contributed by atoms with E-state index in [1.807, 2.05) is 30.3 Å². The Morgan fingerprint density at radius 3 is 2.65 bits per heavy atom. The number of ketones is 1. The Balaban J connectivity index is 2.24. The first kappa shape index (κ1) is 16.5. The van der Waals surface area contributed by atoms with Crippen LogP contribution in [0, 0.1) is 0 Å². The minimum Gasteiger partial charge on any atom is -0.483 e. The molecule has 1 heterocycles. The highest BCUT2D eigenvalue weighted by atomic mass is 16.5. The SMILES string of the molecule is CN(C)C=CC(=O)c1nn(C)cc(OCc2ccccc2)c1=O. The van der Waals surface area contributed by atoms with Crippen LogP contribution in [-0.4, -0.2) is 34.6 Å². The molecule has 2 rings (SSSR count). The van der Waals surface area contributed by atoms with E-state index in [1.54, 1.807) is 32.2 Å². The van der Waals surface area contributed by atoms with E-state index in [9.17, 15) is 9.59 Å². The van der Waals surface area contributed by atoms with E-state index in [0.29, 0.717) is 0 Å². The lowest BCUT2D eigenvalue weighted by atomic mass is 10.2. The molecule has 0 aliphatic heterocycles. The fourth-order valence-electron chi connectivity index (χ4n) is 1.87. The maximum Gasteiger partial charge on any atom is 0.253 e. The molecule has 120 valence electrons.